The van der Waals surface area contributed by atoms with Gasteiger partial charge in [0.15, 0.2) is 0 Å². The van der Waals surface area contributed by atoms with Gasteiger partial charge in [0.1, 0.15) is 10.7 Å². The molecule has 0 aromatic carbocycles. The third kappa shape index (κ3) is 2.41. The maximum atomic E-state index is 12.6. The third-order valence-corrected chi connectivity index (χ3v) is 6.11. The van der Waals surface area contributed by atoms with Gasteiger partial charge in [-0.3, -0.25) is 4.90 Å². The van der Waals surface area contributed by atoms with Crippen molar-refractivity contribution in [1.29, 1.82) is 0 Å². The number of pyridine rings is 1. The van der Waals surface area contributed by atoms with Crippen LogP contribution in [-0.4, -0.2) is 54.8 Å². The van der Waals surface area contributed by atoms with Gasteiger partial charge in [-0.15, -0.1) is 0 Å². The molecule has 1 atom stereocenters. The van der Waals surface area contributed by atoms with Crippen molar-refractivity contribution in [2.24, 2.45) is 0 Å². The predicted octanol–water partition coefficient (Wildman–Crippen LogP) is 0.523. The molecule has 0 bridgehead atoms. The Morgan fingerprint density at radius 2 is 2.00 bits per heavy atom. The summed E-state index contributed by atoms with van der Waals surface area (Å²) in [6, 6.07) is 3.49. The van der Waals surface area contributed by atoms with Gasteiger partial charge in [-0.25, -0.2) is 13.4 Å². The van der Waals surface area contributed by atoms with Crippen molar-refractivity contribution in [3.05, 3.63) is 18.3 Å². The van der Waals surface area contributed by atoms with Crippen molar-refractivity contribution < 1.29 is 8.42 Å². The standard InChI is InChI=1S/C13H20N4O2S/c14-13-12(4-3-6-15-13)20(18,19)17-9-5-11(10-17)16-7-1-2-8-16/h3-4,6,11H,1-2,5,7-10H2,(H2,14,15). The van der Waals surface area contributed by atoms with Crippen molar-refractivity contribution >= 4 is 15.8 Å². The highest BCUT2D eigenvalue weighted by Crippen LogP contribution is 2.27. The molecule has 1 unspecified atom stereocenters. The van der Waals surface area contributed by atoms with Crippen LogP contribution in [0.1, 0.15) is 19.3 Å². The predicted molar refractivity (Wildman–Crippen MR) is 76.6 cm³/mol. The van der Waals surface area contributed by atoms with E-state index in [0.29, 0.717) is 19.1 Å². The van der Waals surface area contributed by atoms with Gasteiger partial charge in [-0.2, -0.15) is 4.31 Å². The number of anilines is 1. The van der Waals surface area contributed by atoms with Crippen molar-refractivity contribution in [3.8, 4) is 0 Å². The summed E-state index contributed by atoms with van der Waals surface area (Å²) in [6.07, 6.45) is 4.85. The molecule has 2 aliphatic rings. The second-order valence-corrected chi connectivity index (χ2v) is 7.34. The molecule has 6 nitrogen and oxygen atoms in total. The van der Waals surface area contributed by atoms with Crippen LogP contribution in [0.15, 0.2) is 23.2 Å². The molecule has 20 heavy (non-hydrogen) atoms. The fourth-order valence-corrected chi connectivity index (χ4v) is 4.65. The van der Waals surface area contributed by atoms with E-state index in [1.807, 2.05) is 0 Å². The molecule has 2 aliphatic heterocycles. The van der Waals surface area contributed by atoms with E-state index in [-0.39, 0.29) is 10.7 Å². The molecule has 2 N–H and O–H groups in total. The molecule has 1 aromatic heterocycles. The van der Waals surface area contributed by atoms with Gasteiger partial charge >= 0.3 is 0 Å². The summed E-state index contributed by atoms with van der Waals surface area (Å²) in [5.41, 5.74) is 5.70. The quantitative estimate of drug-likeness (QED) is 0.880. The number of rotatable bonds is 3. The van der Waals surface area contributed by atoms with Crippen LogP contribution in [0.3, 0.4) is 0 Å². The van der Waals surface area contributed by atoms with Crippen LogP contribution >= 0.6 is 0 Å². The summed E-state index contributed by atoms with van der Waals surface area (Å²) >= 11 is 0. The first kappa shape index (κ1) is 13.8. The fourth-order valence-electron chi connectivity index (χ4n) is 3.09. The summed E-state index contributed by atoms with van der Waals surface area (Å²) in [7, 11) is -3.51. The summed E-state index contributed by atoms with van der Waals surface area (Å²) in [6.45, 7) is 3.32. The number of hydrogen-bond acceptors (Lipinski definition) is 5. The highest BCUT2D eigenvalue weighted by molar-refractivity contribution is 7.89. The average molecular weight is 296 g/mol. The minimum Gasteiger partial charge on any atom is -0.383 e. The maximum absolute atomic E-state index is 12.6. The van der Waals surface area contributed by atoms with Gasteiger partial charge in [-0.1, -0.05) is 0 Å². The first-order valence-corrected chi connectivity index (χ1v) is 8.48. The molecule has 0 aliphatic carbocycles. The minimum absolute atomic E-state index is 0.0807. The number of sulfonamides is 1. The van der Waals surface area contributed by atoms with Crippen LogP contribution in [0, 0.1) is 0 Å². The molecule has 1 aromatic rings. The third-order valence-electron chi connectivity index (χ3n) is 4.20. The van der Waals surface area contributed by atoms with E-state index in [1.54, 1.807) is 10.4 Å². The Morgan fingerprint density at radius 3 is 2.70 bits per heavy atom. The topological polar surface area (TPSA) is 79.5 Å². The Bertz CT molecular complexity index is 584. The second kappa shape index (κ2) is 5.31. The van der Waals surface area contributed by atoms with Crippen molar-refractivity contribution in [2.45, 2.75) is 30.2 Å². The van der Waals surface area contributed by atoms with E-state index < -0.39 is 10.0 Å². The average Bonchev–Trinajstić information content (AvgIpc) is 3.10. The molecule has 3 rings (SSSR count). The van der Waals surface area contributed by atoms with E-state index in [0.717, 1.165) is 19.5 Å². The normalized spacial score (nSPS) is 25.3. The molecule has 0 radical (unpaired) electrons. The first-order chi connectivity index (χ1) is 9.59. The number of hydrogen-bond donors (Lipinski definition) is 1. The van der Waals surface area contributed by atoms with Gasteiger partial charge in [0.25, 0.3) is 0 Å². The number of nitrogens with zero attached hydrogens (tertiary/aromatic N) is 3. The lowest BCUT2D eigenvalue weighted by Gasteiger charge is -2.23. The Morgan fingerprint density at radius 1 is 1.25 bits per heavy atom. The molecular formula is C13H20N4O2S. The van der Waals surface area contributed by atoms with Crippen molar-refractivity contribution in [1.82, 2.24) is 14.2 Å². The van der Waals surface area contributed by atoms with Crippen molar-refractivity contribution in [2.75, 3.05) is 31.9 Å². The summed E-state index contributed by atoms with van der Waals surface area (Å²) in [4.78, 5) is 6.41. The van der Waals surface area contributed by atoms with E-state index in [2.05, 4.69) is 9.88 Å². The lowest BCUT2D eigenvalue weighted by atomic mass is 10.2. The highest BCUT2D eigenvalue weighted by atomic mass is 32.2. The maximum Gasteiger partial charge on any atom is 0.246 e. The van der Waals surface area contributed by atoms with Crippen LogP contribution in [0.25, 0.3) is 0 Å². The van der Waals surface area contributed by atoms with E-state index in [1.165, 1.54) is 25.1 Å². The second-order valence-electron chi connectivity index (χ2n) is 5.44. The van der Waals surface area contributed by atoms with Crippen LogP contribution in [0.2, 0.25) is 0 Å². The molecule has 0 saturated carbocycles. The zero-order valence-corrected chi connectivity index (χ0v) is 12.2. The Hall–Kier alpha value is -1.18. The van der Waals surface area contributed by atoms with Crippen LogP contribution in [0.4, 0.5) is 5.82 Å². The summed E-state index contributed by atoms with van der Waals surface area (Å²) in [5.74, 6) is 0.0807. The molecule has 3 heterocycles. The van der Waals surface area contributed by atoms with Gasteiger partial charge in [-0.05, 0) is 44.5 Å². The van der Waals surface area contributed by atoms with Crippen molar-refractivity contribution in [3.63, 3.8) is 0 Å². The van der Waals surface area contributed by atoms with Crippen LogP contribution in [0.5, 0.6) is 0 Å². The number of likely N-dealkylation sites (tertiary alicyclic amines) is 1. The summed E-state index contributed by atoms with van der Waals surface area (Å²) in [5, 5.41) is 0. The molecule has 0 amide bonds. The molecule has 7 heteroatoms. The zero-order valence-electron chi connectivity index (χ0n) is 11.4. The Labute approximate surface area is 119 Å². The Balaban J connectivity index is 1.78. The smallest absolute Gasteiger partial charge is 0.246 e. The lowest BCUT2D eigenvalue weighted by Crippen LogP contribution is -2.37. The largest absolute Gasteiger partial charge is 0.383 e. The number of nitrogen functional groups attached to an aromatic ring is 1. The minimum atomic E-state index is -3.51. The number of aromatic nitrogens is 1. The number of nitrogens with two attached hydrogens (primary N) is 1. The molecule has 0 spiro atoms. The van der Waals surface area contributed by atoms with Crippen LogP contribution in [-0.2, 0) is 10.0 Å². The Kier molecular flexibility index (Phi) is 3.66. The van der Waals surface area contributed by atoms with E-state index >= 15 is 0 Å². The summed E-state index contributed by atoms with van der Waals surface area (Å²) < 4.78 is 26.8. The van der Waals surface area contributed by atoms with Gasteiger partial charge < -0.3 is 5.73 Å². The SMILES string of the molecule is Nc1ncccc1S(=O)(=O)N1CCC(N2CCCC2)C1. The monoisotopic (exact) mass is 296 g/mol. The fraction of sp³-hybridized carbons (Fsp3) is 0.615. The van der Waals surface area contributed by atoms with E-state index in [4.69, 9.17) is 5.73 Å². The van der Waals surface area contributed by atoms with E-state index in [9.17, 15) is 8.42 Å². The zero-order chi connectivity index (χ0) is 14.2. The van der Waals surface area contributed by atoms with Crippen LogP contribution < -0.4 is 5.73 Å². The highest BCUT2D eigenvalue weighted by Gasteiger charge is 2.36. The molecule has 2 fully saturated rings. The molecule has 2 saturated heterocycles. The van der Waals surface area contributed by atoms with Gasteiger partial charge in [0, 0.05) is 25.3 Å². The molecule has 110 valence electrons. The van der Waals surface area contributed by atoms with Gasteiger partial charge in [0.05, 0.1) is 0 Å². The lowest BCUT2D eigenvalue weighted by molar-refractivity contribution is 0.251. The first-order valence-electron chi connectivity index (χ1n) is 7.04. The van der Waals surface area contributed by atoms with Gasteiger partial charge in [0.2, 0.25) is 10.0 Å². The molecular weight excluding hydrogens is 276 g/mol.